The van der Waals surface area contributed by atoms with Gasteiger partial charge in [-0.3, -0.25) is 9.78 Å². The quantitative estimate of drug-likeness (QED) is 0.725. The van der Waals surface area contributed by atoms with E-state index in [9.17, 15) is 4.79 Å². The van der Waals surface area contributed by atoms with Crippen LogP contribution in [-0.4, -0.2) is 29.4 Å². The number of hydrogen-bond acceptors (Lipinski definition) is 2. The minimum absolute atomic E-state index is 0.0518. The zero-order valence-corrected chi connectivity index (χ0v) is 10.1. The van der Waals surface area contributed by atoms with Gasteiger partial charge in [0, 0.05) is 38.0 Å². The maximum atomic E-state index is 11.6. The molecule has 86 valence electrons. The lowest BCUT2D eigenvalue weighted by atomic mass is 10.2. The van der Waals surface area contributed by atoms with Crippen molar-refractivity contribution >= 4 is 5.91 Å². The van der Waals surface area contributed by atoms with Crippen molar-refractivity contribution in [2.24, 2.45) is 0 Å². The SMILES string of the molecule is CC(C)=CC(=O)N(C)CCc1ccccn1. The summed E-state index contributed by atoms with van der Waals surface area (Å²) in [7, 11) is 1.81. The topological polar surface area (TPSA) is 33.2 Å². The molecule has 0 aromatic carbocycles. The molecule has 0 N–H and O–H groups in total. The fraction of sp³-hybridized carbons (Fsp3) is 0.385. The molecule has 3 nitrogen and oxygen atoms in total. The van der Waals surface area contributed by atoms with Crippen LogP contribution in [0.2, 0.25) is 0 Å². The van der Waals surface area contributed by atoms with E-state index in [0.717, 1.165) is 17.7 Å². The van der Waals surface area contributed by atoms with Crippen LogP contribution in [0.4, 0.5) is 0 Å². The van der Waals surface area contributed by atoms with Gasteiger partial charge in [0.05, 0.1) is 0 Å². The van der Waals surface area contributed by atoms with Gasteiger partial charge >= 0.3 is 0 Å². The molecule has 3 heteroatoms. The Morgan fingerprint density at radius 1 is 1.44 bits per heavy atom. The largest absolute Gasteiger partial charge is 0.342 e. The van der Waals surface area contributed by atoms with E-state index in [0.29, 0.717) is 6.54 Å². The van der Waals surface area contributed by atoms with E-state index in [1.165, 1.54) is 0 Å². The van der Waals surface area contributed by atoms with E-state index in [4.69, 9.17) is 0 Å². The van der Waals surface area contributed by atoms with Crippen LogP contribution in [0, 0.1) is 0 Å². The number of allylic oxidation sites excluding steroid dienone is 1. The van der Waals surface area contributed by atoms with Gasteiger partial charge < -0.3 is 4.90 Å². The number of nitrogens with zero attached hydrogens (tertiary/aromatic N) is 2. The normalized spacial score (nSPS) is 9.69. The molecule has 1 rings (SSSR count). The average Bonchev–Trinajstić information content (AvgIpc) is 2.26. The predicted molar refractivity (Wildman–Crippen MR) is 65.0 cm³/mol. The number of carbonyl (C=O) groups is 1. The van der Waals surface area contributed by atoms with Crippen LogP contribution in [0.3, 0.4) is 0 Å². The van der Waals surface area contributed by atoms with Crippen LogP contribution in [0.1, 0.15) is 19.5 Å². The third-order valence-corrected chi connectivity index (χ3v) is 2.22. The monoisotopic (exact) mass is 218 g/mol. The molecule has 16 heavy (non-hydrogen) atoms. The summed E-state index contributed by atoms with van der Waals surface area (Å²) in [5.41, 5.74) is 2.04. The molecule has 1 aromatic heterocycles. The van der Waals surface area contributed by atoms with Gasteiger partial charge in [0.25, 0.3) is 0 Å². The Morgan fingerprint density at radius 3 is 2.75 bits per heavy atom. The maximum Gasteiger partial charge on any atom is 0.246 e. The lowest BCUT2D eigenvalue weighted by Crippen LogP contribution is -2.27. The second-order valence-corrected chi connectivity index (χ2v) is 4.05. The molecular formula is C13H18N2O. The lowest BCUT2D eigenvalue weighted by molar-refractivity contribution is -0.124. The average molecular weight is 218 g/mol. The van der Waals surface area contributed by atoms with E-state index in [1.807, 2.05) is 39.1 Å². The molecule has 0 fully saturated rings. The summed E-state index contributed by atoms with van der Waals surface area (Å²) < 4.78 is 0. The highest BCUT2D eigenvalue weighted by atomic mass is 16.2. The summed E-state index contributed by atoms with van der Waals surface area (Å²) in [5, 5.41) is 0. The van der Waals surface area contributed by atoms with Crippen molar-refractivity contribution in [3.8, 4) is 0 Å². The highest BCUT2D eigenvalue weighted by molar-refractivity contribution is 5.87. The minimum atomic E-state index is 0.0518. The van der Waals surface area contributed by atoms with E-state index in [-0.39, 0.29) is 5.91 Å². The van der Waals surface area contributed by atoms with Gasteiger partial charge in [-0.15, -0.1) is 0 Å². The summed E-state index contributed by atoms with van der Waals surface area (Å²) in [6.45, 7) is 4.54. The predicted octanol–water partition coefficient (Wildman–Crippen LogP) is 2.05. The van der Waals surface area contributed by atoms with Crippen molar-refractivity contribution in [3.05, 3.63) is 41.7 Å². The Kier molecular flexibility index (Phi) is 4.70. The highest BCUT2D eigenvalue weighted by Crippen LogP contribution is 1.98. The molecule has 1 heterocycles. The summed E-state index contributed by atoms with van der Waals surface area (Å²) in [6.07, 6.45) is 4.21. The molecular weight excluding hydrogens is 200 g/mol. The first kappa shape index (κ1) is 12.4. The van der Waals surface area contributed by atoms with Gasteiger partial charge in [-0.2, -0.15) is 0 Å². The number of aromatic nitrogens is 1. The molecule has 0 spiro atoms. The first-order chi connectivity index (χ1) is 7.59. The van der Waals surface area contributed by atoms with Gasteiger partial charge in [-0.05, 0) is 26.0 Å². The van der Waals surface area contributed by atoms with Gasteiger partial charge in [0.15, 0.2) is 0 Å². The van der Waals surface area contributed by atoms with Crippen LogP contribution < -0.4 is 0 Å². The van der Waals surface area contributed by atoms with Crippen LogP contribution in [0.25, 0.3) is 0 Å². The fourth-order valence-electron chi connectivity index (χ4n) is 1.30. The zero-order valence-electron chi connectivity index (χ0n) is 10.1. The number of carbonyl (C=O) groups excluding carboxylic acids is 1. The van der Waals surface area contributed by atoms with Crippen molar-refractivity contribution in [2.75, 3.05) is 13.6 Å². The van der Waals surface area contributed by atoms with Gasteiger partial charge in [-0.25, -0.2) is 0 Å². The third kappa shape index (κ3) is 4.26. The molecule has 1 amide bonds. The molecule has 0 saturated heterocycles. The number of rotatable bonds is 4. The molecule has 0 atom stereocenters. The Morgan fingerprint density at radius 2 is 2.19 bits per heavy atom. The van der Waals surface area contributed by atoms with Crippen molar-refractivity contribution in [1.29, 1.82) is 0 Å². The Labute approximate surface area is 96.8 Å². The smallest absolute Gasteiger partial charge is 0.246 e. The van der Waals surface area contributed by atoms with Crippen LogP contribution >= 0.6 is 0 Å². The summed E-state index contributed by atoms with van der Waals surface area (Å²) in [6, 6.07) is 5.82. The van der Waals surface area contributed by atoms with Gasteiger partial charge in [0.2, 0.25) is 5.91 Å². The van der Waals surface area contributed by atoms with Crippen molar-refractivity contribution in [1.82, 2.24) is 9.88 Å². The highest BCUT2D eigenvalue weighted by Gasteiger charge is 2.05. The van der Waals surface area contributed by atoms with E-state index >= 15 is 0 Å². The van der Waals surface area contributed by atoms with Crippen molar-refractivity contribution in [3.63, 3.8) is 0 Å². The Bertz CT molecular complexity index is 367. The number of pyridine rings is 1. The van der Waals surface area contributed by atoms with Gasteiger partial charge in [-0.1, -0.05) is 11.6 Å². The summed E-state index contributed by atoms with van der Waals surface area (Å²) in [5.74, 6) is 0.0518. The molecule has 0 aliphatic carbocycles. The maximum absolute atomic E-state index is 11.6. The van der Waals surface area contributed by atoms with Crippen LogP contribution in [-0.2, 0) is 11.2 Å². The first-order valence-corrected chi connectivity index (χ1v) is 5.39. The first-order valence-electron chi connectivity index (χ1n) is 5.39. The molecule has 0 aliphatic heterocycles. The minimum Gasteiger partial charge on any atom is -0.342 e. The van der Waals surface area contributed by atoms with Gasteiger partial charge in [0.1, 0.15) is 0 Å². The van der Waals surface area contributed by atoms with E-state index < -0.39 is 0 Å². The standard InChI is InChI=1S/C13H18N2O/c1-11(2)10-13(16)15(3)9-7-12-6-4-5-8-14-12/h4-6,8,10H,7,9H2,1-3H3. The summed E-state index contributed by atoms with van der Waals surface area (Å²) >= 11 is 0. The molecule has 1 aromatic rings. The Balaban J connectivity index is 2.44. The number of likely N-dealkylation sites (N-methyl/N-ethyl adjacent to an activating group) is 1. The van der Waals surface area contributed by atoms with Crippen LogP contribution in [0.5, 0.6) is 0 Å². The molecule has 0 bridgehead atoms. The van der Waals surface area contributed by atoms with E-state index in [2.05, 4.69) is 4.98 Å². The second kappa shape index (κ2) is 6.05. The lowest BCUT2D eigenvalue weighted by Gasteiger charge is -2.14. The molecule has 0 unspecified atom stereocenters. The van der Waals surface area contributed by atoms with Crippen molar-refractivity contribution in [2.45, 2.75) is 20.3 Å². The molecule has 0 aliphatic rings. The zero-order chi connectivity index (χ0) is 12.0. The third-order valence-electron chi connectivity index (χ3n) is 2.22. The van der Waals surface area contributed by atoms with Crippen molar-refractivity contribution < 1.29 is 4.79 Å². The molecule has 0 radical (unpaired) electrons. The fourth-order valence-corrected chi connectivity index (χ4v) is 1.30. The summed E-state index contributed by atoms with van der Waals surface area (Å²) in [4.78, 5) is 17.5. The van der Waals surface area contributed by atoms with E-state index in [1.54, 1.807) is 17.2 Å². The number of amides is 1. The second-order valence-electron chi connectivity index (χ2n) is 4.05. The van der Waals surface area contributed by atoms with Crippen LogP contribution in [0.15, 0.2) is 36.0 Å². The number of hydrogen-bond donors (Lipinski definition) is 0. The Hall–Kier alpha value is -1.64. The molecule has 0 saturated carbocycles.